The van der Waals surface area contributed by atoms with Gasteiger partial charge in [-0.15, -0.1) is 11.3 Å². The Bertz CT molecular complexity index is 791. The molecule has 3 aromatic rings. The fourth-order valence-electron chi connectivity index (χ4n) is 2.11. The molecule has 1 atom stereocenters. The van der Waals surface area contributed by atoms with Gasteiger partial charge in [0.1, 0.15) is 5.69 Å². The van der Waals surface area contributed by atoms with Gasteiger partial charge in [0.15, 0.2) is 6.29 Å². The number of thiophene rings is 1. The molecule has 0 radical (unpaired) electrons. The SMILES string of the molecule is CC(Nc1nc(C(O)O)c2sc(N)cc2n1)c1ccccn1. The van der Waals surface area contributed by atoms with E-state index in [4.69, 9.17) is 5.73 Å². The van der Waals surface area contributed by atoms with E-state index >= 15 is 0 Å². The van der Waals surface area contributed by atoms with E-state index in [-0.39, 0.29) is 11.7 Å². The van der Waals surface area contributed by atoms with Crippen molar-refractivity contribution in [2.45, 2.75) is 19.3 Å². The largest absolute Gasteiger partial charge is 0.391 e. The van der Waals surface area contributed by atoms with Crippen molar-refractivity contribution in [3.63, 3.8) is 0 Å². The van der Waals surface area contributed by atoms with Gasteiger partial charge in [0.05, 0.1) is 27.0 Å². The van der Waals surface area contributed by atoms with Gasteiger partial charge in [-0.1, -0.05) is 6.07 Å². The van der Waals surface area contributed by atoms with E-state index in [1.54, 1.807) is 12.3 Å². The van der Waals surface area contributed by atoms with Gasteiger partial charge in [-0.3, -0.25) is 4.98 Å². The van der Waals surface area contributed by atoms with Crippen molar-refractivity contribution in [1.29, 1.82) is 0 Å². The zero-order valence-corrected chi connectivity index (χ0v) is 12.6. The molecule has 3 heterocycles. The monoisotopic (exact) mass is 317 g/mol. The summed E-state index contributed by atoms with van der Waals surface area (Å²) in [5, 5.41) is 22.6. The van der Waals surface area contributed by atoms with Crippen LogP contribution in [-0.2, 0) is 0 Å². The van der Waals surface area contributed by atoms with Crippen LogP contribution in [-0.4, -0.2) is 25.2 Å². The Hall–Kier alpha value is -2.29. The second-order valence-electron chi connectivity index (χ2n) is 4.79. The van der Waals surface area contributed by atoms with Gasteiger partial charge < -0.3 is 21.3 Å². The average molecular weight is 317 g/mol. The van der Waals surface area contributed by atoms with Gasteiger partial charge in [-0.2, -0.15) is 0 Å². The molecule has 8 heteroatoms. The van der Waals surface area contributed by atoms with Crippen molar-refractivity contribution in [2.75, 3.05) is 11.1 Å². The Kier molecular flexibility index (Phi) is 3.88. The number of anilines is 2. The van der Waals surface area contributed by atoms with Gasteiger partial charge in [0, 0.05) is 6.20 Å². The van der Waals surface area contributed by atoms with Crippen LogP contribution in [0.2, 0.25) is 0 Å². The van der Waals surface area contributed by atoms with Crippen LogP contribution in [0.15, 0.2) is 30.5 Å². The number of nitrogens with zero attached hydrogens (tertiary/aromatic N) is 3. The summed E-state index contributed by atoms with van der Waals surface area (Å²) in [4.78, 5) is 12.8. The van der Waals surface area contributed by atoms with Crippen LogP contribution in [0.1, 0.15) is 30.6 Å². The highest BCUT2D eigenvalue weighted by atomic mass is 32.1. The smallest absolute Gasteiger partial charge is 0.224 e. The van der Waals surface area contributed by atoms with Gasteiger partial charge in [-0.25, -0.2) is 9.97 Å². The number of rotatable bonds is 4. The molecule has 0 spiro atoms. The molecule has 0 aromatic carbocycles. The lowest BCUT2D eigenvalue weighted by Gasteiger charge is -2.14. The quantitative estimate of drug-likeness (QED) is 0.542. The first kappa shape index (κ1) is 14.6. The summed E-state index contributed by atoms with van der Waals surface area (Å²) in [6, 6.07) is 7.18. The fraction of sp³-hybridized carbons (Fsp3) is 0.214. The maximum absolute atomic E-state index is 9.50. The molecule has 0 saturated carbocycles. The molecule has 22 heavy (non-hydrogen) atoms. The molecule has 0 amide bonds. The Labute approximate surface area is 130 Å². The minimum absolute atomic E-state index is 0.127. The first-order valence-corrected chi connectivity index (χ1v) is 7.47. The average Bonchev–Trinajstić information content (AvgIpc) is 2.87. The van der Waals surface area contributed by atoms with Crippen LogP contribution in [0, 0.1) is 0 Å². The maximum Gasteiger partial charge on any atom is 0.224 e. The van der Waals surface area contributed by atoms with Gasteiger partial charge >= 0.3 is 0 Å². The summed E-state index contributed by atoms with van der Waals surface area (Å²) in [5.74, 6) is 0.298. The predicted octanol–water partition coefficient (Wildman–Crippen LogP) is 1.82. The van der Waals surface area contributed by atoms with Crippen LogP contribution in [0.4, 0.5) is 10.9 Å². The zero-order chi connectivity index (χ0) is 15.7. The Morgan fingerprint density at radius 3 is 2.77 bits per heavy atom. The molecular formula is C14H15N5O2S. The molecule has 3 aromatic heterocycles. The number of pyridine rings is 1. The standard InChI is InChI=1S/C14H15N5O2S/c1-7(8-4-2-3-5-16-8)17-14-18-9-6-10(15)22-12(9)11(19-14)13(20)21/h2-7,13,20-21H,15H2,1H3,(H,17,18,19). The molecule has 5 N–H and O–H groups in total. The third-order valence-electron chi connectivity index (χ3n) is 3.14. The molecule has 0 aliphatic carbocycles. The second kappa shape index (κ2) is 5.84. The molecule has 0 bridgehead atoms. The number of aromatic nitrogens is 3. The molecule has 114 valence electrons. The third kappa shape index (κ3) is 2.84. The number of fused-ring (bicyclic) bond motifs is 1. The first-order valence-electron chi connectivity index (χ1n) is 6.65. The molecule has 3 rings (SSSR count). The molecule has 0 saturated heterocycles. The van der Waals surface area contributed by atoms with Crippen molar-refractivity contribution in [2.24, 2.45) is 0 Å². The molecule has 0 aliphatic heterocycles. The minimum Gasteiger partial charge on any atom is -0.391 e. The predicted molar refractivity (Wildman–Crippen MR) is 85.3 cm³/mol. The minimum atomic E-state index is -1.69. The topological polar surface area (TPSA) is 117 Å². The van der Waals surface area contributed by atoms with E-state index in [1.807, 2.05) is 25.1 Å². The van der Waals surface area contributed by atoms with Crippen LogP contribution in [0.3, 0.4) is 0 Å². The molecule has 1 unspecified atom stereocenters. The van der Waals surface area contributed by atoms with E-state index in [2.05, 4.69) is 20.3 Å². The van der Waals surface area contributed by atoms with Crippen molar-refractivity contribution in [1.82, 2.24) is 15.0 Å². The number of nitrogen functional groups attached to an aromatic ring is 1. The van der Waals surface area contributed by atoms with Gasteiger partial charge in [-0.05, 0) is 25.1 Å². The molecular weight excluding hydrogens is 302 g/mol. The van der Waals surface area contributed by atoms with E-state index in [0.717, 1.165) is 5.69 Å². The van der Waals surface area contributed by atoms with Crippen molar-refractivity contribution in [3.05, 3.63) is 41.9 Å². The normalized spacial score (nSPS) is 12.7. The van der Waals surface area contributed by atoms with Crippen molar-refractivity contribution in [3.8, 4) is 0 Å². The molecule has 7 nitrogen and oxygen atoms in total. The summed E-state index contributed by atoms with van der Waals surface area (Å²) >= 11 is 1.22. The summed E-state index contributed by atoms with van der Waals surface area (Å²) in [5.41, 5.74) is 7.32. The summed E-state index contributed by atoms with van der Waals surface area (Å²) in [6.07, 6.45) is 0.0225. The van der Waals surface area contributed by atoms with Crippen LogP contribution >= 0.6 is 11.3 Å². The highest BCUT2D eigenvalue weighted by Gasteiger charge is 2.17. The van der Waals surface area contributed by atoms with Gasteiger partial charge in [0.25, 0.3) is 0 Å². The second-order valence-corrected chi connectivity index (χ2v) is 5.87. The lowest BCUT2D eigenvalue weighted by molar-refractivity contribution is -0.0444. The van der Waals surface area contributed by atoms with Crippen molar-refractivity contribution >= 4 is 32.5 Å². The van der Waals surface area contributed by atoms with E-state index in [1.165, 1.54) is 11.3 Å². The van der Waals surface area contributed by atoms with E-state index in [9.17, 15) is 10.2 Å². The maximum atomic E-state index is 9.50. The Morgan fingerprint density at radius 1 is 1.27 bits per heavy atom. The van der Waals surface area contributed by atoms with E-state index < -0.39 is 6.29 Å². The zero-order valence-electron chi connectivity index (χ0n) is 11.8. The van der Waals surface area contributed by atoms with E-state index in [0.29, 0.717) is 21.2 Å². The highest BCUT2D eigenvalue weighted by Crippen LogP contribution is 2.32. The third-order valence-corrected chi connectivity index (χ3v) is 4.11. The van der Waals surface area contributed by atoms with Gasteiger partial charge in [0.2, 0.25) is 5.95 Å². The molecule has 0 aliphatic rings. The fourth-order valence-corrected chi connectivity index (χ4v) is 2.98. The lowest BCUT2D eigenvalue weighted by Crippen LogP contribution is -2.12. The highest BCUT2D eigenvalue weighted by molar-refractivity contribution is 7.22. The summed E-state index contributed by atoms with van der Waals surface area (Å²) in [6.45, 7) is 1.92. The lowest BCUT2D eigenvalue weighted by atomic mass is 10.2. The summed E-state index contributed by atoms with van der Waals surface area (Å²) < 4.78 is 0.573. The van der Waals surface area contributed by atoms with Crippen LogP contribution in [0.25, 0.3) is 10.2 Å². The van der Waals surface area contributed by atoms with Crippen LogP contribution < -0.4 is 11.1 Å². The number of hydrogen-bond donors (Lipinski definition) is 4. The number of aliphatic hydroxyl groups excluding tert-OH is 1. The van der Waals surface area contributed by atoms with Crippen molar-refractivity contribution < 1.29 is 10.2 Å². The number of hydrogen-bond acceptors (Lipinski definition) is 8. The molecule has 0 fully saturated rings. The number of aliphatic hydroxyl groups is 2. The number of nitrogens with one attached hydrogen (secondary N) is 1. The first-order chi connectivity index (χ1) is 10.5. The number of nitrogens with two attached hydrogens (primary N) is 1. The Morgan fingerprint density at radius 2 is 2.09 bits per heavy atom. The Balaban J connectivity index is 1.97. The van der Waals surface area contributed by atoms with Crippen LogP contribution in [0.5, 0.6) is 0 Å². The summed E-state index contributed by atoms with van der Waals surface area (Å²) in [7, 11) is 0.